The standard InChI is InChI=1S/C17H26N2O/c1-12-4-5-13(2)17(8-12)20-7-6-19(3)11-16-14-9-18-10-15(14)16/h4-5,8,14-16,18H,6-7,9-11H2,1-3H3/t14-,15+,16?. The van der Waals surface area contributed by atoms with E-state index < -0.39 is 0 Å². The monoisotopic (exact) mass is 274 g/mol. The summed E-state index contributed by atoms with van der Waals surface area (Å²) in [6.07, 6.45) is 0. The van der Waals surface area contributed by atoms with Gasteiger partial charge in [-0.2, -0.15) is 0 Å². The van der Waals surface area contributed by atoms with Gasteiger partial charge in [-0.25, -0.2) is 0 Å². The molecule has 3 nitrogen and oxygen atoms in total. The number of benzene rings is 1. The largest absolute Gasteiger partial charge is 0.492 e. The van der Waals surface area contributed by atoms with E-state index in [1.54, 1.807) is 0 Å². The summed E-state index contributed by atoms with van der Waals surface area (Å²) < 4.78 is 5.93. The molecule has 110 valence electrons. The van der Waals surface area contributed by atoms with Crippen LogP contribution in [0.1, 0.15) is 11.1 Å². The number of fused-ring (bicyclic) bond motifs is 1. The highest BCUT2D eigenvalue weighted by atomic mass is 16.5. The Hall–Kier alpha value is -1.06. The molecule has 1 N–H and O–H groups in total. The zero-order chi connectivity index (χ0) is 14.1. The van der Waals surface area contributed by atoms with Crippen LogP contribution in [0.25, 0.3) is 0 Å². The molecule has 3 heteroatoms. The second kappa shape index (κ2) is 5.74. The molecule has 0 amide bonds. The first-order chi connectivity index (χ1) is 9.65. The number of rotatable bonds is 6. The van der Waals surface area contributed by atoms with Crippen LogP contribution in [0.2, 0.25) is 0 Å². The molecule has 0 spiro atoms. The number of hydrogen-bond acceptors (Lipinski definition) is 3. The van der Waals surface area contributed by atoms with Gasteiger partial charge in [-0.05, 0) is 68.9 Å². The molecular formula is C17H26N2O. The van der Waals surface area contributed by atoms with E-state index in [4.69, 9.17) is 4.74 Å². The van der Waals surface area contributed by atoms with Crippen molar-refractivity contribution in [3.05, 3.63) is 29.3 Å². The van der Waals surface area contributed by atoms with Crippen molar-refractivity contribution < 1.29 is 4.74 Å². The Kier molecular flexibility index (Phi) is 3.99. The highest BCUT2D eigenvalue weighted by molar-refractivity contribution is 5.35. The molecule has 1 aliphatic heterocycles. The maximum Gasteiger partial charge on any atom is 0.122 e. The van der Waals surface area contributed by atoms with Crippen molar-refractivity contribution in [3.63, 3.8) is 0 Å². The molecule has 0 bridgehead atoms. The van der Waals surface area contributed by atoms with Crippen molar-refractivity contribution in [1.82, 2.24) is 10.2 Å². The van der Waals surface area contributed by atoms with E-state index in [9.17, 15) is 0 Å². The van der Waals surface area contributed by atoms with E-state index in [2.05, 4.69) is 49.3 Å². The molecule has 2 fully saturated rings. The van der Waals surface area contributed by atoms with Crippen molar-refractivity contribution >= 4 is 0 Å². The molecule has 3 rings (SSSR count). The summed E-state index contributed by atoms with van der Waals surface area (Å²) >= 11 is 0. The van der Waals surface area contributed by atoms with Gasteiger partial charge in [0.15, 0.2) is 0 Å². The van der Waals surface area contributed by atoms with E-state index in [1.807, 2.05) is 0 Å². The third-order valence-electron chi connectivity index (χ3n) is 4.87. The van der Waals surface area contributed by atoms with E-state index in [1.165, 1.54) is 30.8 Å². The van der Waals surface area contributed by atoms with Crippen LogP contribution in [-0.4, -0.2) is 44.7 Å². The van der Waals surface area contributed by atoms with Crippen LogP contribution in [0.3, 0.4) is 0 Å². The third-order valence-corrected chi connectivity index (χ3v) is 4.87. The Bertz CT molecular complexity index is 464. The molecule has 3 atom stereocenters. The van der Waals surface area contributed by atoms with Crippen LogP contribution in [0.15, 0.2) is 18.2 Å². The zero-order valence-corrected chi connectivity index (χ0v) is 12.9. The predicted molar refractivity (Wildman–Crippen MR) is 82.2 cm³/mol. The van der Waals surface area contributed by atoms with E-state index >= 15 is 0 Å². The van der Waals surface area contributed by atoms with Gasteiger partial charge in [0.25, 0.3) is 0 Å². The fourth-order valence-corrected chi connectivity index (χ4v) is 3.44. The lowest BCUT2D eigenvalue weighted by Gasteiger charge is -2.18. The highest BCUT2D eigenvalue weighted by Crippen LogP contribution is 2.48. The number of piperidine rings is 1. The van der Waals surface area contributed by atoms with Crippen molar-refractivity contribution in [2.75, 3.05) is 39.8 Å². The summed E-state index contributed by atoms with van der Waals surface area (Å²) in [6.45, 7) is 9.71. The van der Waals surface area contributed by atoms with Crippen LogP contribution >= 0.6 is 0 Å². The van der Waals surface area contributed by atoms with Crippen molar-refractivity contribution in [3.8, 4) is 5.75 Å². The molecule has 2 aliphatic rings. The lowest BCUT2D eigenvalue weighted by Crippen LogP contribution is -2.29. The Balaban J connectivity index is 1.40. The second-order valence-electron chi connectivity index (χ2n) is 6.53. The minimum atomic E-state index is 0.779. The molecule has 1 heterocycles. The Morgan fingerprint density at radius 3 is 2.75 bits per heavy atom. The summed E-state index contributed by atoms with van der Waals surface area (Å²) in [4.78, 5) is 2.42. The molecule has 1 saturated heterocycles. The average Bonchev–Trinajstić information content (AvgIpc) is 2.86. The minimum absolute atomic E-state index is 0.779. The molecule has 0 radical (unpaired) electrons. The zero-order valence-electron chi connectivity index (χ0n) is 12.9. The molecule has 20 heavy (non-hydrogen) atoms. The predicted octanol–water partition coefficient (Wildman–Crippen LogP) is 2.08. The minimum Gasteiger partial charge on any atom is -0.492 e. The van der Waals surface area contributed by atoms with E-state index in [0.29, 0.717) is 0 Å². The lowest BCUT2D eigenvalue weighted by atomic mass is 10.1. The smallest absolute Gasteiger partial charge is 0.122 e. The van der Waals surface area contributed by atoms with Crippen LogP contribution in [-0.2, 0) is 0 Å². The number of aryl methyl sites for hydroxylation is 2. The van der Waals surface area contributed by atoms with Gasteiger partial charge in [0.2, 0.25) is 0 Å². The fourth-order valence-electron chi connectivity index (χ4n) is 3.44. The average molecular weight is 274 g/mol. The number of nitrogens with zero attached hydrogens (tertiary/aromatic N) is 1. The Labute approximate surface area is 122 Å². The van der Waals surface area contributed by atoms with E-state index in [-0.39, 0.29) is 0 Å². The number of nitrogens with one attached hydrogen (secondary N) is 1. The number of likely N-dealkylation sites (N-methyl/N-ethyl adjacent to an activating group) is 1. The second-order valence-corrected chi connectivity index (χ2v) is 6.53. The van der Waals surface area contributed by atoms with Crippen LogP contribution < -0.4 is 10.1 Å². The Morgan fingerprint density at radius 2 is 2.00 bits per heavy atom. The van der Waals surface area contributed by atoms with Gasteiger partial charge in [0.05, 0.1) is 0 Å². The van der Waals surface area contributed by atoms with Crippen molar-refractivity contribution in [1.29, 1.82) is 0 Å². The van der Waals surface area contributed by atoms with Gasteiger partial charge in [-0.15, -0.1) is 0 Å². The molecule has 1 saturated carbocycles. The summed E-state index contributed by atoms with van der Waals surface area (Å²) in [6, 6.07) is 6.40. The first-order valence-electron chi connectivity index (χ1n) is 7.74. The third kappa shape index (κ3) is 2.99. The molecule has 1 unspecified atom stereocenters. The highest BCUT2D eigenvalue weighted by Gasteiger charge is 2.52. The fraction of sp³-hybridized carbons (Fsp3) is 0.647. The SMILES string of the molecule is Cc1ccc(C)c(OCCN(C)CC2[C@H]3CNC[C@@H]23)c1. The summed E-state index contributed by atoms with van der Waals surface area (Å²) in [7, 11) is 2.22. The maximum atomic E-state index is 5.93. The van der Waals surface area contributed by atoms with Gasteiger partial charge in [0, 0.05) is 13.1 Å². The first kappa shape index (κ1) is 13.9. The van der Waals surface area contributed by atoms with Gasteiger partial charge >= 0.3 is 0 Å². The molecular weight excluding hydrogens is 248 g/mol. The Morgan fingerprint density at radius 1 is 1.25 bits per heavy atom. The van der Waals surface area contributed by atoms with Gasteiger partial charge in [-0.3, -0.25) is 0 Å². The van der Waals surface area contributed by atoms with Gasteiger partial charge < -0.3 is 15.0 Å². The molecule has 0 aromatic heterocycles. The quantitative estimate of drug-likeness (QED) is 0.859. The van der Waals surface area contributed by atoms with Gasteiger partial charge in [-0.1, -0.05) is 12.1 Å². The van der Waals surface area contributed by atoms with Crippen LogP contribution in [0.5, 0.6) is 5.75 Å². The first-order valence-corrected chi connectivity index (χ1v) is 7.74. The molecule has 1 aliphatic carbocycles. The summed E-state index contributed by atoms with van der Waals surface area (Å²) in [5, 5.41) is 3.46. The normalized spacial score (nSPS) is 27.7. The van der Waals surface area contributed by atoms with Crippen LogP contribution in [0, 0.1) is 31.6 Å². The topological polar surface area (TPSA) is 24.5 Å². The summed E-state index contributed by atoms with van der Waals surface area (Å²) in [5.74, 6) is 3.88. The number of ether oxygens (including phenoxy) is 1. The molecule has 1 aromatic rings. The van der Waals surface area contributed by atoms with Crippen molar-refractivity contribution in [2.24, 2.45) is 17.8 Å². The van der Waals surface area contributed by atoms with Crippen LogP contribution in [0.4, 0.5) is 0 Å². The lowest BCUT2D eigenvalue weighted by molar-refractivity contribution is 0.225. The van der Waals surface area contributed by atoms with Crippen molar-refractivity contribution in [2.45, 2.75) is 13.8 Å². The van der Waals surface area contributed by atoms with E-state index in [0.717, 1.165) is 36.7 Å². The molecule has 1 aromatic carbocycles. The maximum absolute atomic E-state index is 5.93. The van der Waals surface area contributed by atoms with Gasteiger partial charge in [0.1, 0.15) is 12.4 Å². The summed E-state index contributed by atoms with van der Waals surface area (Å²) in [5.41, 5.74) is 2.48. The number of hydrogen-bond donors (Lipinski definition) is 1.